The molecule has 1 atom stereocenters. The highest BCUT2D eigenvalue weighted by molar-refractivity contribution is 7.89. The average Bonchev–Trinajstić information content (AvgIpc) is 2.85. The molecule has 1 unspecified atom stereocenters. The van der Waals surface area contributed by atoms with Crippen LogP contribution >= 0.6 is 0 Å². The number of hydrogen-bond acceptors (Lipinski definition) is 5. The first-order valence-corrected chi connectivity index (χ1v) is 13.6. The molecule has 0 aromatic heterocycles. The van der Waals surface area contributed by atoms with Gasteiger partial charge in [0, 0.05) is 31.9 Å². The van der Waals surface area contributed by atoms with Crippen LogP contribution in [0.1, 0.15) is 43.2 Å². The molecule has 2 heterocycles. The Morgan fingerprint density at radius 2 is 1.85 bits per heavy atom. The summed E-state index contributed by atoms with van der Waals surface area (Å²) in [6.45, 7) is 5.60. The molecule has 1 N–H and O–H groups in total. The van der Waals surface area contributed by atoms with Gasteiger partial charge in [-0.15, -0.1) is 0 Å². The Morgan fingerprint density at radius 1 is 1.06 bits per heavy atom. The van der Waals surface area contributed by atoms with E-state index in [1.54, 1.807) is 12.1 Å². The Bertz CT molecular complexity index is 1110. The van der Waals surface area contributed by atoms with Crippen LogP contribution in [0.15, 0.2) is 47.4 Å². The fourth-order valence-electron chi connectivity index (χ4n) is 4.93. The lowest BCUT2D eigenvalue weighted by Crippen LogP contribution is -2.40. The van der Waals surface area contributed by atoms with E-state index < -0.39 is 10.0 Å². The second-order valence-corrected chi connectivity index (χ2v) is 11.3. The lowest BCUT2D eigenvalue weighted by atomic mass is 9.96. The third kappa shape index (κ3) is 5.79. The molecule has 8 heteroatoms. The van der Waals surface area contributed by atoms with Gasteiger partial charge in [-0.05, 0) is 62.9 Å². The molecule has 34 heavy (non-hydrogen) atoms. The fraction of sp³-hybridized carbons (Fsp3) is 0.500. The van der Waals surface area contributed by atoms with Crippen molar-refractivity contribution in [2.45, 2.75) is 50.5 Å². The molecule has 184 valence electrons. The maximum Gasteiger partial charge on any atom is 0.246 e. The van der Waals surface area contributed by atoms with E-state index in [0.29, 0.717) is 31.1 Å². The molecule has 4 rings (SSSR count). The summed E-state index contributed by atoms with van der Waals surface area (Å²) >= 11 is 0. The summed E-state index contributed by atoms with van der Waals surface area (Å²) in [5.74, 6) is 0.0915. The zero-order chi connectivity index (χ0) is 24.1. The first-order chi connectivity index (χ1) is 16.4. The molecule has 2 aromatic carbocycles. The van der Waals surface area contributed by atoms with Crippen LogP contribution < -0.4 is 10.1 Å². The van der Waals surface area contributed by atoms with Crippen molar-refractivity contribution in [1.29, 1.82) is 0 Å². The fourth-order valence-corrected chi connectivity index (χ4v) is 6.63. The second kappa shape index (κ2) is 10.9. The highest BCUT2D eigenvalue weighted by Gasteiger charge is 2.30. The molecule has 0 bridgehead atoms. The number of piperidine rings is 2. The van der Waals surface area contributed by atoms with Gasteiger partial charge in [0.1, 0.15) is 10.6 Å². The van der Waals surface area contributed by atoms with E-state index in [2.05, 4.69) is 41.4 Å². The van der Waals surface area contributed by atoms with Gasteiger partial charge in [0.05, 0.1) is 13.0 Å². The zero-order valence-electron chi connectivity index (χ0n) is 20.1. The van der Waals surface area contributed by atoms with E-state index in [1.165, 1.54) is 28.6 Å². The van der Waals surface area contributed by atoms with Crippen LogP contribution in [0.5, 0.6) is 5.75 Å². The highest BCUT2D eigenvalue weighted by atomic mass is 32.2. The molecule has 0 aliphatic carbocycles. The second-order valence-electron chi connectivity index (χ2n) is 9.38. The van der Waals surface area contributed by atoms with Crippen LogP contribution in [0.4, 0.5) is 5.69 Å². The van der Waals surface area contributed by atoms with Crippen molar-refractivity contribution in [3.8, 4) is 5.75 Å². The summed E-state index contributed by atoms with van der Waals surface area (Å²) in [5.41, 5.74) is 2.97. The summed E-state index contributed by atoms with van der Waals surface area (Å²) < 4.78 is 33.4. The number of likely N-dealkylation sites (tertiary alicyclic amines) is 1. The average molecular weight is 486 g/mol. The summed E-state index contributed by atoms with van der Waals surface area (Å²) in [4.78, 5) is 15.5. The Labute approximate surface area is 203 Å². The van der Waals surface area contributed by atoms with Crippen molar-refractivity contribution >= 4 is 21.6 Å². The molecular formula is C26H35N3O4S. The van der Waals surface area contributed by atoms with Crippen LogP contribution in [0.3, 0.4) is 0 Å². The Balaban J connectivity index is 1.45. The van der Waals surface area contributed by atoms with Crippen molar-refractivity contribution in [1.82, 2.24) is 9.21 Å². The lowest BCUT2D eigenvalue weighted by Gasteiger charge is -2.32. The van der Waals surface area contributed by atoms with Gasteiger partial charge >= 0.3 is 0 Å². The van der Waals surface area contributed by atoms with Gasteiger partial charge < -0.3 is 10.1 Å². The summed E-state index contributed by atoms with van der Waals surface area (Å²) in [6.07, 6.45) is 4.55. The summed E-state index contributed by atoms with van der Waals surface area (Å²) in [7, 11) is -2.22. The molecule has 2 aliphatic heterocycles. The number of carbonyl (C=O) groups is 1. The predicted octanol–water partition coefficient (Wildman–Crippen LogP) is 4.03. The van der Waals surface area contributed by atoms with Crippen LogP contribution in [-0.4, -0.2) is 56.8 Å². The molecule has 2 aromatic rings. The molecule has 0 radical (unpaired) electrons. The van der Waals surface area contributed by atoms with Crippen molar-refractivity contribution in [2.75, 3.05) is 38.6 Å². The van der Waals surface area contributed by atoms with E-state index in [-0.39, 0.29) is 16.7 Å². The number of hydrogen-bond donors (Lipinski definition) is 1. The number of amides is 1. The number of anilines is 1. The number of nitrogens with one attached hydrogen (secondary N) is 1. The van der Waals surface area contributed by atoms with Crippen LogP contribution in [0, 0.1) is 12.8 Å². The quantitative estimate of drug-likeness (QED) is 0.641. The van der Waals surface area contributed by atoms with Gasteiger partial charge in [0.15, 0.2) is 0 Å². The largest absolute Gasteiger partial charge is 0.495 e. The number of benzene rings is 2. The van der Waals surface area contributed by atoms with Gasteiger partial charge in [0.2, 0.25) is 15.9 Å². The zero-order valence-corrected chi connectivity index (χ0v) is 20.9. The SMILES string of the molecule is COc1ccc(NC(=O)C2CCCN(Cc3cccc(C)c3)C2)cc1S(=O)(=O)N1CCCCC1. The third-order valence-electron chi connectivity index (χ3n) is 6.73. The van der Waals surface area contributed by atoms with Crippen LogP contribution in [-0.2, 0) is 21.4 Å². The van der Waals surface area contributed by atoms with Crippen molar-refractivity contribution in [3.05, 3.63) is 53.6 Å². The van der Waals surface area contributed by atoms with Gasteiger partial charge in [0.25, 0.3) is 0 Å². The van der Waals surface area contributed by atoms with Crippen molar-refractivity contribution < 1.29 is 17.9 Å². The molecule has 2 fully saturated rings. The maximum atomic E-state index is 13.3. The standard InChI is InChI=1S/C26H35N3O4S/c1-20-8-6-9-21(16-20)18-28-13-7-10-22(19-28)26(30)27-23-11-12-24(33-2)25(17-23)34(31,32)29-14-4-3-5-15-29/h6,8-9,11-12,16-17,22H,3-5,7,10,13-15,18-19H2,1-2H3,(H,27,30). The number of ether oxygens (including phenoxy) is 1. The number of methoxy groups -OCH3 is 1. The number of carbonyl (C=O) groups excluding carboxylic acids is 1. The van der Waals surface area contributed by atoms with Gasteiger partial charge in [-0.25, -0.2) is 8.42 Å². The first kappa shape index (κ1) is 24.7. The minimum absolute atomic E-state index is 0.0690. The Hall–Kier alpha value is -2.42. The van der Waals surface area contributed by atoms with E-state index >= 15 is 0 Å². The topological polar surface area (TPSA) is 79.0 Å². The molecular weight excluding hydrogens is 450 g/mol. The van der Waals surface area contributed by atoms with E-state index in [0.717, 1.165) is 45.2 Å². The van der Waals surface area contributed by atoms with Crippen molar-refractivity contribution in [3.63, 3.8) is 0 Å². The van der Waals surface area contributed by atoms with Gasteiger partial charge in [-0.2, -0.15) is 4.31 Å². The minimum atomic E-state index is -3.69. The lowest BCUT2D eigenvalue weighted by molar-refractivity contribution is -0.121. The highest BCUT2D eigenvalue weighted by Crippen LogP contribution is 2.31. The minimum Gasteiger partial charge on any atom is -0.495 e. The number of aryl methyl sites for hydroxylation is 1. The van der Waals surface area contributed by atoms with E-state index in [9.17, 15) is 13.2 Å². The van der Waals surface area contributed by atoms with Gasteiger partial charge in [-0.1, -0.05) is 36.2 Å². The smallest absolute Gasteiger partial charge is 0.246 e. The van der Waals surface area contributed by atoms with Gasteiger partial charge in [-0.3, -0.25) is 9.69 Å². The van der Waals surface area contributed by atoms with E-state index in [4.69, 9.17) is 4.74 Å². The van der Waals surface area contributed by atoms with Crippen molar-refractivity contribution in [2.24, 2.45) is 5.92 Å². The molecule has 7 nitrogen and oxygen atoms in total. The van der Waals surface area contributed by atoms with Crippen LogP contribution in [0.25, 0.3) is 0 Å². The first-order valence-electron chi connectivity index (χ1n) is 12.1. The van der Waals surface area contributed by atoms with Crippen LogP contribution in [0.2, 0.25) is 0 Å². The monoisotopic (exact) mass is 485 g/mol. The Morgan fingerprint density at radius 3 is 2.59 bits per heavy atom. The summed E-state index contributed by atoms with van der Waals surface area (Å²) in [6, 6.07) is 13.3. The molecule has 0 spiro atoms. The Kier molecular flexibility index (Phi) is 7.91. The normalized spacial score (nSPS) is 20.1. The molecule has 0 saturated carbocycles. The number of nitrogens with zero attached hydrogens (tertiary/aromatic N) is 2. The summed E-state index contributed by atoms with van der Waals surface area (Å²) in [5, 5.41) is 2.97. The number of rotatable bonds is 7. The third-order valence-corrected chi connectivity index (χ3v) is 8.65. The molecule has 2 aliphatic rings. The maximum absolute atomic E-state index is 13.3. The van der Waals surface area contributed by atoms with E-state index in [1.807, 2.05) is 0 Å². The molecule has 1 amide bonds. The predicted molar refractivity (Wildman–Crippen MR) is 133 cm³/mol. The molecule has 2 saturated heterocycles. The number of sulfonamides is 1.